The molecule has 0 unspecified atom stereocenters. The third-order valence-corrected chi connectivity index (χ3v) is 3.20. The van der Waals surface area contributed by atoms with Crippen molar-refractivity contribution in [3.8, 4) is 0 Å². The molecular formula is C22H52N4O2SY-2. The molecule has 0 saturated carbocycles. The van der Waals surface area contributed by atoms with E-state index >= 15 is 0 Å². The Kier molecular flexibility index (Phi) is 68.9. The molecule has 1 radical (unpaired) electrons. The first-order chi connectivity index (χ1) is 13.8. The van der Waals surface area contributed by atoms with Crippen molar-refractivity contribution in [2.45, 2.75) is 93.9 Å². The van der Waals surface area contributed by atoms with E-state index in [1.165, 1.54) is 11.8 Å². The number of carbonyl (C=O) groups is 2. The molecule has 0 spiro atoms. The summed E-state index contributed by atoms with van der Waals surface area (Å²) in [5.41, 5.74) is 9.95. The number of amides is 3. The SMILES string of the molecule is CC.CC.CC(C)CCN.CCCCNC(=O)CCCC.[CH2-]SC[CH-]NC(N)=O.[Y]. The second-order valence-corrected chi connectivity index (χ2v) is 6.60. The van der Waals surface area contributed by atoms with E-state index in [-0.39, 0.29) is 38.6 Å². The fraction of sp³-hybridized carbons (Fsp3) is 0.818. The molecule has 6 nitrogen and oxygen atoms in total. The molecule has 0 saturated heterocycles. The average molecular weight is 526 g/mol. The van der Waals surface area contributed by atoms with E-state index in [1.807, 2.05) is 27.7 Å². The van der Waals surface area contributed by atoms with Crippen molar-refractivity contribution in [2.75, 3.05) is 18.8 Å². The summed E-state index contributed by atoms with van der Waals surface area (Å²) in [6.45, 7) is 19.8. The summed E-state index contributed by atoms with van der Waals surface area (Å²) in [6.07, 6.45) is 9.68. The Bertz CT molecular complexity index is 298. The van der Waals surface area contributed by atoms with Crippen LogP contribution in [-0.4, -0.2) is 30.8 Å². The van der Waals surface area contributed by atoms with Crippen LogP contribution in [0.4, 0.5) is 4.79 Å². The van der Waals surface area contributed by atoms with Crippen molar-refractivity contribution in [3.05, 3.63) is 12.8 Å². The quantitative estimate of drug-likeness (QED) is 0.212. The summed E-state index contributed by atoms with van der Waals surface area (Å²) in [4.78, 5) is 20.9. The number of unbranched alkanes of at least 4 members (excludes halogenated alkanes) is 2. The van der Waals surface area contributed by atoms with Crippen molar-refractivity contribution in [3.63, 3.8) is 0 Å². The Balaban J connectivity index is -0.0000000675. The number of thioether (sulfide) groups is 1. The molecule has 0 heterocycles. The van der Waals surface area contributed by atoms with Crippen LogP contribution in [0.2, 0.25) is 0 Å². The Hall–Kier alpha value is 0.154. The molecule has 0 aromatic heterocycles. The summed E-state index contributed by atoms with van der Waals surface area (Å²) in [6, 6.07) is -0.529. The Morgan fingerprint density at radius 2 is 1.57 bits per heavy atom. The van der Waals surface area contributed by atoms with Gasteiger partial charge in [-0.15, -0.1) is 5.75 Å². The van der Waals surface area contributed by atoms with Crippen molar-refractivity contribution in [1.82, 2.24) is 10.6 Å². The topological polar surface area (TPSA) is 110 Å². The number of primary amides is 1. The molecule has 6 N–H and O–H groups in total. The van der Waals surface area contributed by atoms with Gasteiger partial charge in [-0.2, -0.15) is 0 Å². The minimum absolute atomic E-state index is 0. The third kappa shape index (κ3) is 70.5. The molecule has 0 aliphatic heterocycles. The van der Waals surface area contributed by atoms with Crippen LogP contribution in [0.3, 0.4) is 0 Å². The zero-order valence-electron chi connectivity index (χ0n) is 21.2. The van der Waals surface area contributed by atoms with E-state index in [9.17, 15) is 9.59 Å². The molecule has 0 atom stereocenters. The van der Waals surface area contributed by atoms with Gasteiger partial charge in [0.15, 0.2) is 0 Å². The Morgan fingerprint density at radius 1 is 1.07 bits per heavy atom. The van der Waals surface area contributed by atoms with Gasteiger partial charge in [-0.25, -0.2) is 6.54 Å². The van der Waals surface area contributed by atoms with E-state index < -0.39 is 6.03 Å². The van der Waals surface area contributed by atoms with Crippen molar-refractivity contribution in [1.29, 1.82) is 0 Å². The summed E-state index contributed by atoms with van der Waals surface area (Å²) in [5, 5.41) is 5.18. The van der Waals surface area contributed by atoms with Gasteiger partial charge >= 0.3 is 0 Å². The molecule has 0 aromatic rings. The number of carbonyl (C=O) groups excluding carboxylic acids is 2. The van der Waals surface area contributed by atoms with E-state index in [0.29, 0.717) is 12.2 Å². The van der Waals surface area contributed by atoms with E-state index in [1.54, 1.807) is 6.54 Å². The van der Waals surface area contributed by atoms with Gasteiger partial charge in [0.05, 0.1) is 0 Å². The fourth-order valence-electron chi connectivity index (χ4n) is 1.36. The van der Waals surface area contributed by atoms with Crippen LogP contribution in [0.25, 0.3) is 0 Å². The summed E-state index contributed by atoms with van der Waals surface area (Å²) >= 11 is 1.37. The average Bonchev–Trinajstić information content (AvgIpc) is 2.70. The van der Waals surface area contributed by atoms with Crippen molar-refractivity contribution < 1.29 is 42.3 Å². The predicted molar refractivity (Wildman–Crippen MR) is 133 cm³/mol. The van der Waals surface area contributed by atoms with Crippen LogP contribution in [0, 0.1) is 18.7 Å². The van der Waals surface area contributed by atoms with Gasteiger partial charge in [0.1, 0.15) is 0 Å². The zero-order valence-corrected chi connectivity index (χ0v) is 24.8. The third-order valence-electron chi connectivity index (χ3n) is 2.80. The smallest absolute Gasteiger partial charge is 0.282 e. The van der Waals surface area contributed by atoms with E-state index in [4.69, 9.17) is 11.5 Å². The summed E-state index contributed by atoms with van der Waals surface area (Å²) in [7, 11) is 0. The first kappa shape index (κ1) is 43.9. The fourth-order valence-corrected chi connectivity index (χ4v) is 1.57. The first-order valence-corrected chi connectivity index (χ1v) is 12.2. The maximum absolute atomic E-state index is 11.0. The minimum atomic E-state index is -0.529. The Labute approximate surface area is 218 Å². The van der Waals surface area contributed by atoms with Gasteiger partial charge < -0.3 is 33.9 Å². The monoisotopic (exact) mass is 525 g/mol. The zero-order chi connectivity index (χ0) is 23.9. The van der Waals surface area contributed by atoms with E-state index in [2.05, 4.69) is 44.6 Å². The number of urea groups is 1. The number of nitrogens with two attached hydrogens (primary N) is 2. The molecule has 3 amide bonds. The van der Waals surface area contributed by atoms with Crippen LogP contribution in [0.15, 0.2) is 0 Å². The van der Waals surface area contributed by atoms with Gasteiger partial charge in [0, 0.05) is 45.7 Å². The van der Waals surface area contributed by atoms with Crippen molar-refractivity contribution >= 4 is 23.7 Å². The van der Waals surface area contributed by atoms with Gasteiger partial charge in [0.2, 0.25) is 5.91 Å². The van der Waals surface area contributed by atoms with Crippen LogP contribution in [0.1, 0.15) is 93.9 Å². The van der Waals surface area contributed by atoms with Gasteiger partial charge in [-0.1, -0.05) is 68.2 Å². The second-order valence-electron chi connectivity index (χ2n) is 5.86. The molecule has 0 bridgehead atoms. The molecule has 0 aliphatic rings. The largest absolute Gasteiger partial charge is 0.487 e. The van der Waals surface area contributed by atoms with Crippen LogP contribution >= 0.6 is 11.8 Å². The van der Waals surface area contributed by atoms with Gasteiger partial charge in [0.25, 0.3) is 6.03 Å². The molecular weight excluding hydrogens is 473 g/mol. The van der Waals surface area contributed by atoms with Crippen LogP contribution in [-0.2, 0) is 37.5 Å². The van der Waals surface area contributed by atoms with Crippen LogP contribution in [0.5, 0.6) is 0 Å². The molecule has 0 aliphatic carbocycles. The minimum Gasteiger partial charge on any atom is -0.487 e. The molecule has 8 heteroatoms. The number of nitrogens with one attached hydrogen (secondary N) is 2. The molecule has 0 rings (SSSR count). The van der Waals surface area contributed by atoms with Gasteiger partial charge in [-0.05, 0) is 31.7 Å². The predicted octanol–water partition coefficient (Wildman–Crippen LogP) is 5.48. The second kappa shape index (κ2) is 47.1. The number of hydrogen-bond acceptors (Lipinski definition) is 4. The summed E-state index contributed by atoms with van der Waals surface area (Å²) in [5.74, 6) is 1.67. The molecule has 183 valence electrons. The first-order valence-electron chi connectivity index (χ1n) is 11.1. The van der Waals surface area contributed by atoms with Crippen LogP contribution < -0.4 is 22.1 Å². The summed E-state index contributed by atoms with van der Waals surface area (Å²) < 4.78 is 0. The maximum Gasteiger partial charge on any atom is 0.282 e. The number of rotatable bonds is 11. The molecule has 0 fully saturated rings. The molecule has 30 heavy (non-hydrogen) atoms. The van der Waals surface area contributed by atoms with E-state index in [0.717, 1.165) is 51.1 Å². The molecule has 0 aromatic carbocycles. The van der Waals surface area contributed by atoms with Gasteiger partial charge in [-0.3, -0.25) is 15.8 Å². The normalized spacial score (nSPS) is 8.23. The standard InChI is InChI=1S/C9H19NO.C5H13N.C4H8N2OS.2C2H6.Y/c1-3-5-7-9(11)10-8-6-4-2;1-5(2)3-4-6;1-8-3-2-6-4(5)7;2*1-2;/h3-8H2,1-2H3,(H,10,11);5H,3-4,6H2,1-2H3;2H,1,3H2,(H3,5,6,7);2*1-2H3;/q;;-2;;;. The maximum atomic E-state index is 11.0. The van der Waals surface area contributed by atoms with Crippen molar-refractivity contribution in [2.24, 2.45) is 17.4 Å². The Morgan fingerprint density at radius 3 is 1.87 bits per heavy atom. The number of hydrogen-bond donors (Lipinski definition) is 4.